The fourth-order valence-electron chi connectivity index (χ4n) is 3.29. The van der Waals surface area contributed by atoms with Crippen molar-refractivity contribution in [2.75, 3.05) is 13.1 Å². The number of benzene rings is 1. The van der Waals surface area contributed by atoms with E-state index in [-0.39, 0.29) is 5.92 Å². The highest BCUT2D eigenvalue weighted by atomic mass is 19.3. The van der Waals surface area contributed by atoms with Crippen LogP contribution in [-0.4, -0.2) is 39.9 Å². The molecule has 3 rings (SSSR count). The lowest BCUT2D eigenvalue weighted by atomic mass is 9.95. The highest BCUT2D eigenvalue weighted by Gasteiger charge is 2.32. The number of imidazole rings is 1. The second-order valence-corrected chi connectivity index (χ2v) is 6.71. The van der Waals surface area contributed by atoms with E-state index in [1.165, 1.54) is 12.5 Å². The van der Waals surface area contributed by atoms with Crippen LogP contribution in [0.25, 0.3) is 5.69 Å². The highest BCUT2D eigenvalue weighted by Crippen LogP contribution is 2.29. The molecule has 134 valence electrons. The highest BCUT2D eigenvalue weighted by molar-refractivity contribution is 5.79. The number of nitrogens with zero attached hydrogens (tertiary/aromatic N) is 3. The van der Waals surface area contributed by atoms with Gasteiger partial charge in [0, 0.05) is 37.1 Å². The van der Waals surface area contributed by atoms with Crippen LogP contribution in [0.3, 0.4) is 0 Å². The Morgan fingerprint density at radius 1 is 1.20 bits per heavy atom. The standard InChI is InChI=1S/C19H23F2N3O/c1-13-3-5-16(6-4-13)24-12-9-22-18(24)15-7-10-23(11-8-15)19(25)14(2)17(20)21/h3-6,9,12,14-15,17H,7-8,10-11H2,1-2H3/t14-/m1/s1. The zero-order valence-electron chi connectivity index (χ0n) is 14.5. The minimum Gasteiger partial charge on any atom is -0.342 e. The van der Waals surface area contributed by atoms with Gasteiger partial charge in [-0.05, 0) is 38.8 Å². The molecule has 1 fully saturated rings. The summed E-state index contributed by atoms with van der Waals surface area (Å²) in [7, 11) is 0. The van der Waals surface area contributed by atoms with Gasteiger partial charge >= 0.3 is 0 Å². The predicted molar refractivity (Wildman–Crippen MR) is 92.0 cm³/mol. The summed E-state index contributed by atoms with van der Waals surface area (Å²) in [6.07, 6.45) is 2.60. The number of aryl methyl sites for hydroxylation is 1. The first-order valence-electron chi connectivity index (χ1n) is 8.64. The van der Waals surface area contributed by atoms with Gasteiger partial charge in [-0.25, -0.2) is 13.8 Å². The molecule has 2 heterocycles. The smallest absolute Gasteiger partial charge is 0.249 e. The van der Waals surface area contributed by atoms with E-state index in [1.54, 1.807) is 11.1 Å². The van der Waals surface area contributed by atoms with Gasteiger partial charge in [0.05, 0.1) is 5.92 Å². The molecule has 0 saturated carbocycles. The number of piperidine rings is 1. The molecule has 2 aromatic rings. The van der Waals surface area contributed by atoms with Gasteiger partial charge in [-0.3, -0.25) is 4.79 Å². The third kappa shape index (κ3) is 3.72. The summed E-state index contributed by atoms with van der Waals surface area (Å²) < 4.78 is 27.6. The lowest BCUT2D eigenvalue weighted by Crippen LogP contribution is -2.42. The van der Waals surface area contributed by atoms with E-state index in [4.69, 9.17) is 0 Å². The summed E-state index contributed by atoms with van der Waals surface area (Å²) >= 11 is 0. The normalized spacial score (nSPS) is 17.1. The number of halogens is 2. The Morgan fingerprint density at radius 3 is 2.44 bits per heavy atom. The van der Waals surface area contributed by atoms with Crippen molar-refractivity contribution in [1.29, 1.82) is 0 Å². The van der Waals surface area contributed by atoms with Gasteiger partial charge in [0.1, 0.15) is 5.82 Å². The molecule has 1 atom stereocenters. The Morgan fingerprint density at radius 2 is 1.84 bits per heavy atom. The topological polar surface area (TPSA) is 38.1 Å². The van der Waals surface area contributed by atoms with Crippen LogP contribution < -0.4 is 0 Å². The molecular formula is C19H23F2N3O. The van der Waals surface area contributed by atoms with Crippen molar-refractivity contribution < 1.29 is 13.6 Å². The summed E-state index contributed by atoms with van der Waals surface area (Å²) in [5, 5.41) is 0. The second-order valence-electron chi connectivity index (χ2n) is 6.71. The molecule has 4 nitrogen and oxygen atoms in total. The van der Waals surface area contributed by atoms with Crippen LogP contribution in [0.4, 0.5) is 8.78 Å². The van der Waals surface area contributed by atoms with Crippen LogP contribution in [0.2, 0.25) is 0 Å². The maximum Gasteiger partial charge on any atom is 0.249 e. The first-order valence-corrected chi connectivity index (χ1v) is 8.64. The molecular weight excluding hydrogens is 324 g/mol. The number of likely N-dealkylation sites (tertiary alicyclic amines) is 1. The molecule has 0 spiro atoms. The van der Waals surface area contributed by atoms with Crippen LogP contribution >= 0.6 is 0 Å². The van der Waals surface area contributed by atoms with Crippen molar-refractivity contribution in [3.05, 3.63) is 48.0 Å². The number of hydrogen-bond donors (Lipinski definition) is 0. The molecule has 1 saturated heterocycles. The van der Waals surface area contributed by atoms with E-state index < -0.39 is 18.3 Å². The third-order valence-electron chi connectivity index (χ3n) is 4.92. The minimum absolute atomic E-state index is 0.224. The van der Waals surface area contributed by atoms with Gasteiger partial charge in [0.15, 0.2) is 0 Å². The van der Waals surface area contributed by atoms with Crippen molar-refractivity contribution in [3.8, 4) is 5.69 Å². The fourth-order valence-corrected chi connectivity index (χ4v) is 3.29. The van der Waals surface area contributed by atoms with E-state index >= 15 is 0 Å². The third-order valence-corrected chi connectivity index (χ3v) is 4.92. The van der Waals surface area contributed by atoms with Gasteiger partial charge in [0.2, 0.25) is 12.3 Å². The molecule has 0 N–H and O–H groups in total. The van der Waals surface area contributed by atoms with Gasteiger partial charge in [0.25, 0.3) is 0 Å². The zero-order valence-corrected chi connectivity index (χ0v) is 14.5. The van der Waals surface area contributed by atoms with Gasteiger partial charge in [-0.1, -0.05) is 17.7 Å². The van der Waals surface area contributed by atoms with Crippen molar-refractivity contribution in [3.63, 3.8) is 0 Å². The van der Waals surface area contributed by atoms with E-state index in [1.807, 2.05) is 13.1 Å². The van der Waals surface area contributed by atoms with E-state index in [2.05, 4.69) is 33.8 Å². The van der Waals surface area contributed by atoms with E-state index in [0.29, 0.717) is 13.1 Å². The largest absolute Gasteiger partial charge is 0.342 e. The number of amides is 1. The second kappa shape index (κ2) is 7.33. The van der Waals surface area contributed by atoms with Gasteiger partial charge in [-0.15, -0.1) is 0 Å². The van der Waals surface area contributed by atoms with Crippen LogP contribution in [0.5, 0.6) is 0 Å². The van der Waals surface area contributed by atoms with Crippen LogP contribution in [-0.2, 0) is 4.79 Å². The maximum absolute atomic E-state index is 12.7. The van der Waals surface area contributed by atoms with Crippen LogP contribution in [0.1, 0.15) is 37.1 Å². The molecule has 1 aliphatic heterocycles. The molecule has 6 heteroatoms. The van der Waals surface area contributed by atoms with E-state index in [0.717, 1.165) is 24.4 Å². The molecule has 1 aliphatic rings. The van der Waals surface area contributed by atoms with E-state index in [9.17, 15) is 13.6 Å². The Bertz CT molecular complexity index is 719. The Balaban J connectivity index is 1.69. The average molecular weight is 347 g/mol. The number of rotatable bonds is 4. The molecule has 0 aliphatic carbocycles. The average Bonchev–Trinajstić information content (AvgIpc) is 3.11. The van der Waals surface area contributed by atoms with Crippen LogP contribution in [0, 0.1) is 12.8 Å². The number of alkyl halides is 2. The molecule has 25 heavy (non-hydrogen) atoms. The molecule has 0 radical (unpaired) electrons. The molecule has 1 aromatic carbocycles. The lowest BCUT2D eigenvalue weighted by molar-refractivity contribution is -0.140. The Kier molecular flexibility index (Phi) is 5.16. The molecule has 0 bridgehead atoms. The molecule has 1 amide bonds. The first-order chi connectivity index (χ1) is 12.0. The van der Waals surface area contributed by atoms with Crippen molar-refractivity contribution in [1.82, 2.24) is 14.5 Å². The predicted octanol–water partition coefficient (Wildman–Crippen LogP) is 3.79. The fraction of sp³-hybridized carbons (Fsp3) is 0.474. The van der Waals surface area contributed by atoms with Gasteiger partial charge in [-0.2, -0.15) is 0 Å². The first kappa shape index (κ1) is 17.6. The van der Waals surface area contributed by atoms with Crippen molar-refractivity contribution in [2.24, 2.45) is 5.92 Å². The van der Waals surface area contributed by atoms with Gasteiger partial charge < -0.3 is 9.47 Å². The summed E-state index contributed by atoms with van der Waals surface area (Å²) in [5.41, 5.74) is 2.26. The number of carbonyl (C=O) groups excluding carboxylic acids is 1. The number of aromatic nitrogens is 2. The Labute approximate surface area is 146 Å². The Hall–Kier alpha value is -2.24. The SMILES string of the molecule is Cc1ccc(-n2ccnc2C2CCN(C(=O)[C@H](C)C(F)F)CC2)cc1. The number of hydrogen-bond acceptors (Lipinski definition) is 2. The molecule has 0 unspecified atom stereocenters. The summed E-state index contributed by atoms with van der Waals surface area (Å²) in [4.78, 5) is 18.2. The summed E-state index contributed by atoms with van der Waals surface area (Å²) in [6, 6.07) is 8.24. The quantitative estimate of drug-likeness (QED) is 0.844. The van der Waals surface area contributed by atoms with Crippen molar-refractivity contribution in [2.45, 2.75) is 39.0 Å². The lowest BCUT2D eigenvalue weighted by Gasteiger charge is -2.33. The number of carbonyl (C=O) groups is 1. The maximum atomic E-state index is 12.7. The van der Waals surface area contributed by atoms with Crippen LogP contribution in [0.15, 0.2) is 36.7 Å². The summed E-state index contributed by atoms with van der Waals surface area (Å²) in [6.45, 7) is 4.34. The zero-order chi connectivity index (χ0) is 18.0. The minimum atomic E-state index is -2.61. The van der Waals surface area contributed by atoms with Crippen molar-refractivity contribution >= 4 is 5.91 Å². The summed E-state index contributed by atoms with van der Waals surface area (Å²) in [5.74, 6) is -0.485. The monoisotopic (exact) mass is 347 g/mol. The molecule has 1 aromatic heterocycles.